The number of imidazole rings is 1. The summed E-state index contributed by atoms with van der Waals surface area (Å²) >= 11 is 5.35. The molecule has 0 N–H and O–H groups in total. The third-order valence-electron chi connectivity index (χ3n) is 3.00. The Hall–Kier alpha value is -2.79. The summed E-state index contributed by atoms with van der Waals surface area (Å²) < 4.78 is 3.74. The molecule has 1 heterocycles. The van der Waals surface area contributed by atoms with E-state index in [1.54, 1.807) is 34.2 Å². The van der Waals surface area contributed by atoms with E-state index in [4.69, 9.17) is 12.2 Å². The quantitative estimate of drug-likeness (QED) is 0.533. The van der Waals surface area contributed by atoms with Gasteiger partial charge in [-0.05, 0) is 23.3 Å². The van der Waals surface area contributed by atoms with E-state index in [1.807, 2.05) is 60.7 Å². The van der Waals surface area contributed by atoms with Crippen LogP contribution in [0.15, 0.2) is 83.3 Å². The Labute approximate surface area is 133 Å². The molecule has 0 saturated heterocycles. The van der Waals surface area contributed by atoms with E-state index in [-0.39, 0.29) is 0 Å². The van der Waals surface area contributed by atoms with Gasteiger partial charge in [0.1, 0.15) is 0 Å². The molecule has 2 aromatic carbocycles. The molecule has 22 heavy (non-hydrogen) atoms. The molecule has 0 fully saturated rings. The molecule has 3 aromatic rings. The van der Waals surface area contributed by atoms with Gasteiger partial charge >= 0.3 is 0 Å². The molecule has 108 valence electrons. The third kappa shape index (κ3) is 3.45. The number of hydrogen-bond donors (Lipinski definition) is 0. The first-order chi connectivity index (χ1) is 10.8. The van der Waals surface area contributed by atoms with Gasteiger partial charge in [-0.1, -0.05) is 60.7 Å². The molecule has 0 aliphatic rings. The summed E-state index contributed by atoms with van der Waals surface area (Å²) in [6.07, 6.45) is 7.09. The number of benzene rings is 2. The van der Waals surface area contributed by atoms with Crippen LogP contribution in [0.3, 0.4) is 0 Å². The zero-order valence-electron chi connectivity index (χ0n) is 11.8. The Morgan fingerprint density at radius 2 is 1.09 bits per heavy atom. The van der Waals surface area contributed by atoms with Crippen LogP contribution in [-0.4, -0.2) is 21.8 Å². The molecule has 0 unspecified atom stereocenters. The first-order valence-electron chi connectivity index (χ1n) is 6.82. The summed E-state index contributed by atoms with van der Waals surface area (Å²) in [5, 5.41) is 8.69. The number of nitrogens with zero attached hydrogens (tertiary/aromatic N) is 4. The lowest BCUT2D eigenvalue weighted by atomic mass is 10.2. The van der Waals surface area contributed by atoms with Crippen LogP contribution in [0.25, 0.3) is 0 Å². The highest BCUT2D eigenvalue weighted by atomic mass is 32.1. The molecule has 0 aliphatic heterocycles. The zero-order valence-corrected chi connectivity index (χ0v) is 12.6. The molecule has 0 aliphatic carbocycles. The number of hydrogen-bond acceptors (Lipinski definition) is 3. The Balaban J connectivity index is 1.79. The maximum absolute atomic E-state index is 5.35. The molecule has 4 nitrogen and oxygen atoms in total. The van der Waals surface area contributed by atoms with Gasteiger partial charge in [0.05, 0.1) is 24.8 Å². The fraction of sp³-hybridized carbons (Fsp3) is 0. The first-order valence-corrected chi connectivity index (χ1v) is 7.22. The van der Waals surface area contributed by atoms with E-state index in [2.05, 4.69) is 10.2 Å². The predicted molar refractivity (Wildman–Crippen MR) is 92.1 cm³/mol. The van der Waals surface area contributed by atoms with Crippen LogP contribution in [0.4, 0.5) is 0 Å². The van der Waals surface area contributed by atoms with Crippen molar-refractivity contribution in [2.45, 2.75) is 0 Å². The Bertz CT molecular complexity index is 775. The van der Waals surface area contributed by atoms with E-state index in [0.717, 1.165) is 11.1 Å². The summed E-state index contributed by atoms with van der Waals surface area (Å²) in [6, 6.07) is 19.7. The molecular formula is C17H14N4S. The van der Waals surface area contributed by atoms with Crippen LogP contribution < -0.4 is 0 Å². The van der Waals surface area contributed by atoms with Crippen molar-refractivity contribution in [3.05, 3.63) is 89.0 Å². The number of rotatable bonds is 4. The molecule has 0 amide bonds. The predicted octanol–water partition coefficient (Wildman–Crippen LogP) is 3.78. The van der Waals surface area contributed by atoms with Gasteiger partial charge in [-0.2, -0.15) is 10.2 Å². The molecule has 0 radical (unpaired) electrons. The fourth-order valence-corrected chi connectivity index (χ4v) is 2.09. The van der Waals surface area contributed by atoms with Crippen molar-refractivity contribution in [1.82, 2.24) is 9.35 Å². The second kappa shape index (κ2) is 6.78. The van der Waals surface area contributed by atoms with Gasteiger partial charge < -0.3 is 0 Å². The molecule has 5 heteroatoms. The maximum Gasteiger partial charge on any atom is 0.221 e. The van der Waals surface area contributed by atoms with Gasteiger partial charge in [-0.3, -0.25) is 0 Å². The van der Waals surface area contributed by atoms with Crippen molar-refractivity contribution >= 4 is 24.6 Å². The Morgan fingerprint density at radius 1 is 0.682 bits per heavy atom. The molecule has 3 rings (SSSR count). The van der Waals surface area contributed by atoms with Gasteiger partial charge in [-0.25, -0.2) is 9.35 Å². The molecule has 0 spiro atoms. The summed E-state index contributed by atoms with van der Waals surface area (Å²) in [6.45, 7) is 0. The van der Waals surface area contributed by atoms with E-state index < -0.39 is 0 Å². The van der Waals surface area contributed by atoms with Crippen molar-refractivity contribution in [3.8, 4) is 0 Å². The average molecular weight is 306 g/mol. The van der Waals surface area contributed by atoms with Crippen LogP contribution >= 0.6 is 12.2 Å². The van der Waals surface area contributed by atoms with Gasteiger partial charge in [0.2, 0.25) is 4.77 Å². The Morgan fingerprint density at radius 3 is 1.50 bits per heavy atom. The topological polar surface area (TPSA) is 34.6 Å². The molecule has 0 bridgehead atoms. The smallest absolute Gasteiger partial charge is 0.211 e. The highest BCUT2D eigenvalue weighted by Gasteiger charge is 1.96. The van der Waals surface area contributed by atoms with Crippen molar-refractivity contribution < 1.29 is 0 Å². The highest BCUT2D eigenvalue weighted by Crippen LogP contribution is 2.00. The van der Waals surface area contributed by atoms with Crippen molar-refractivity contribution in [2.75, 3.05) is 0 Å². The van der Waals surface area contributed by atoms with Crippen LogP contribution in [0.2, 0.25) is 0 Å². The molecule has 0 saturated carbocycles. The van der Waals surface area contributed by atoms with Crippen LogP contribution in [0.5, 0.6) is 0 Å². The SMILES string of the molecule is S=c1n(N=Cc2ccccc2)ccn1N=Cc1ccccc1. The maximum atomic E-state index is 5.35. The summed E-state index contributed by atoms with van der Waals surface area (Å²) in [7, 11) is 0. The lowest BCUT2D eigenvalue weighted by Crippen LogP contribution is -1.93. The highest BCUT2D eigenvalue weighted by molar-refractivity contribution is 7.71. The van der Waals surface area contributed by atoms with Crippen LogP contribution in [0.1, 0.15) is 11.1 Å². The number of aromatic nitrogens is 2. The monoisotopic (exact) mass is 306 g/mol. The Kier molecular flexibility index (Phi) is 4.36. The van der Waals surface area contributed by atoms with Crippen molar-refractivity contribution in [3.63, 3.8) is 0 Å². The zero-order chi connectivity index (χ0) is 15.2. The van der Waals surface area contributed by atoms with E-state index in [1.165, 1.54) is 0 Å². The van der Waals surface area contributed by atoms with Crippen molar-refractivity contribution in [2.24, 2.45) is 10.2 Å². The lowest BCUT2D eigenvalue weighted by molar-refractivity contribution is 0.785. The van der Waals surface area contributed by atoms with Gasteiger partial charge in [0.25, 0.3) is 0 Å². The first kappa shape index (κ1) is 14.2. The molecule has 1 aromatic heterocycles. The second-order valence-corrected chi connectivity index (χ2v) is 4.95. The van der Waals surface area contributed by atoms with E-state index >= 15 is 0 Å². The van der Waals surface area contributed by atoms with E-state index in [0.29, 0.717) is 4.77 Å². The molecule has 0 atom stereocenters. The fourth-order valence-electron chi connectivity index (χ4n) is 1.87. The largest absolute Gasteiger partial charge is 0.221 e. The van der Waals surface area contributed by atoms with Crippen LogP contribution in [0, 0.1) is 4.77 Å². The second-order valence-electron chi connectivity index (χ2n) is 4.58. The minimum absolute atomic E-state index is 0.513. The summed E-state index contributed by atoms with van der Waals surface area (Å²) in [5.74, 6) is 0. The van der Waals surface area contributed by atoms with Gasteiger partial charge in [0.15, 0.2) is 0 Å². The van der Waals surface area contributed by atoms with Crippen LogP contribution in [-0.2, 0) is 0 Å². The third-order valence-corrected chi connectivity index (χ3v) is 3.38. The molecular weight excluding hydrogens is 292 g/mol. The average Bonchev–Trinajstić information content (AvgIpc) is 2.93. The standard InChI is InChI=1S/C17H14N4S/c22-17-20(18-13-15-7-3-1-4-8-15)11-12-21(17)19-14-16-9-5-2-6-10-16/h1-14H. The van der Waals surface area contributed by atoms with E-state index in [9.17, 15) is 0 Å². The minimum Gasteiger partial charge on any atom is -0.211 e. The summed E-state index contributed by atoms with van der Waals surface area (Å²) in [4.78, 5) is 0. The lowest BCUT2D eigenvalue weighted by Gasteiger charge is -1.95. The summed E-state index contributed by atoms with van der Waals surface area (Å²) in [5.41, 5.74) is 2.04. The van der Waals surface area contributed by atoms with Crippen molar-refractivity contribution in [1.29, 1.82) is 0 Å². The normalized spacial score (nSPS) is 11.5. The minimum atomic E-state index is 0.513. The van der Waals surface area contributed by atoms with Gasteiger partial charge in [0, 0.05) is 0 Å². The van der Waals surface area contributed by atoms with Gasteiger partial charge in [-0.15, -0.1) is 0 Å².